The summed E-state index contributed by atoms with van der Waals surface area (Å²) in [5, 5.41) is 11.2. The van der Waals surface area contributed by atoms with Crippen LogP contribution >= 0.6 is 24.0 Å². The molecular formula is C17H34IN7. The van der Waals surface area contributed by atoms with Crippen LogP contribution in [0.2, 0.25) is 0 Å². The van der Waals surface area contributed by atoms with E-state index in [1.165, 1.54) is 0 Å². The first-order chi connectivity index (χ1) is 11.5. The average Bonchev–Trinajstić information content (AvgIpc) is 3.00. The summed E-state index contributed by atoms with van der Waals surface area (Å²) in [7, 11) is 1.83. The van der Waals surface area contributed by atoms with Gasteiger partial charge in [-0.3, -0.25) is 9.89 Å². The van der Waals surface area contributed by atoms with Gasteiger partial charge in [0.1, 0.15) is 12.2 Å². The van der Waals surface area contributed by atoms with Crippen molar-refractivity contribution in [2.45, 2.75) is 71.6 Å². The largest absolute Gasteiger partial charge is 0.356 e. The summed E-state index contributed by atoms with van der Waals surface area (Å²) in [5.41, 5.74) is 0. The average molecular weight is 463 g/mol. The number of nitrogens with zero attached hydrogens (tertiary/aromatic N) is 5. The molecule has 144 valence electrons. The quantitative estimate of drug-likeness (QED) is 0.280. The standard InChI is InChI=1S/C17H33N7.HI/c1-13(2)23(14(3)4)10-6-9-19-17(18-5)22-15-7-8-16-20-12-21-24(16)11-15;/h12-15H,6-11H2,1-5H3,(H2,18,19,22);1H. The Morgan fingerprint density at radius 1 is 1.36 bits per heavy atom. The van der Waals surface area contributed by atoms with Crippen LogP contribution in [0.5, 0.6) is 0 Å². The molecule has 1 aromatic heterocycles. The molecule has 0 aliphatic carbocycles. The molecule has 1 aliphatic heterocycles. The Balaban J connectivity index is 0.00000312. The van der Waals surface area contributed by atoms with Gasteiger partial charge in [-0.2, -0.15) is 5.10 Å². The van der Waals surface area contributed by atoms with Crippen LogP contribution in [0.3, 0.4) is 0 Å². The van der Waals surface area contributed by atoms with Crippen molar-refractivity contribution < 1.29 is 0 Å². The Kier molecular flexibility index (Phi) is 9.70. The van der Waals surface area contributed by atoms with Crippen LogP contribution in [0, 0.1) is 0 Å². The molecule has 0 aromatic carbocycles. The van der Waals surface area contributed by atoms with E-state index in [1.807, 2.05) is 11.7 Å². The van der Waals surface area contributed by atoms with Crippen LogP contribution in [-0.4, -0.2) is 63.9 Å². The van der Waals surface area contributed by atoms with Crippen molar-refractivity contribution in [1.29, 1.82) is 0 Å². The Labute approximate surface area is 169 Å². The molecule has 0 spiro atoms. The number of hydrogen-bond acceptors (Lipinski definition) is 4. The normalized spacial score (nSPS) is 17.6. The highest BCUT2D eigenvalue weighted by Gasteiger charge is 2.20. The molecule has 2 rings (SSSR count). The third-order valence-corrected chi connectivity index (χ3v) is 4.58. The Bertz CT molecular complexity index is 519. The second-order valence-corrected chi connectivity index (χ2v) is 7.02. The molecule has 0 saturated carbocycles. The van der Waals surface area contributed by atoms with Gasteiger partial charge >= 0.3 is 0 Å². The highest BCUT2D eigenvalue weighted by molar-refractivity contribution is 14.0. The lowest BCUT2D eigenvalue weighted by Crippen LogP contribution is -2.47. The van der Waals surface area contributed by atoms with Crippen LogP contribution in [0.25, 0.3) is 0 Å². The molecule has 1 aromatic rings. The number of fused-ring (bicyclic) bond motifs is 1. The number of aliphatic imine (C=N–C) groups is 1. The highest BCUT2D eigenvalue weighted by atomic mass is 127. The van der Waals surface area contributed by atoms with Gasteiger partial charge in [-0.15, -0.1) is 24.0 Å². The van der Waals surface area contributed by atoms with Gasteiger partial charge in [-0.05, 0) is 40.5 Å². The predicted octanol–water partition coefficient (Wildman–Crippen LogP) is 1.88. The first kappa shape index (κ1) is 22.1. The smallest absolute Gasteiger partial charge is 0.191 e. The van der Waals surface area contributed by atoms with E-state index in [1.54, 1.807) is 6.33 Å². The second kappa shape index (κ2) is 10.9. The number of hydrogen-bond donors (Lipinski definition) is 2. The van der Waals surface area contributed by atoms with Crippen molar-refractivity contribution in [3.05, 3.63) is 12.2 Å². The minimum Gasteiger partial charge on any atom is -0.356 e. The van der Waals surface area contributed by atoms with Gasteiger partial charge in [0, 0.05) is 44.7 Å². The Morgan fingerprint density at radius 3 is 2.72 bits per heavy atom. The monoisotopic (exact) mass is 463 g/mol. The zero-order valence-corrected chi connectivity index (χ0v) is 18.5. The number of nitrogens with one attached hydrogen (secondary N) is 2. The van der Waals surface area contributed by atoms with E-state index >= 15 is 0 Å². The fraction of sp³-hybridized carbons (Fsp3) is 0.824. The Morgan fingerprint density at radius 2 is 2.08 bits per heavy atom. The third-order valence-electron chi connectivity index (χ3n) is 4.58. The van der Waals surface area contributed by atoms with Crippen LogP contribution in [0.4, 0.5) is 0 Å². The maximum Gasteiger partial charge on any atom is 0.191 e. The van der Waals surface area contributed by atoms with Gasteiger partial charge in [0.2, 0.25) is 0 Å². The summed E-state index contributed by atoms with van der Waals surface area (Å²) in [6.07, 6.45) is 4.77. The predicted molar refractivity (Wildman–Crippen MR) is 114 cm³/mol. The van der Waals surface area contributed by atoms with Crippen molar-refractivity contribution >= 4 is 29.9 Å². The van der Waals surface area contributed by atoms with E-state index in [9.17, 15) is 0 Å². The number of rotatable bonds is 7. The van der Waals surface area contributed by atoms with Gasteiger partial charge in [0.05, 0.1) is 6.54 Å². The molecule has 2 heterocycles. The van der Waals surface area contributed by atoms with Crippen molar-refractivity contribution in [1.82, 2.24) is 30.3 Å². The fourth-order valence-corrected chi connectivity index (χ4v) is 3.32. The van der Waals surface area contributed by atoms with Crippen molar-refractivity contribution in [2.75, 3.05) is 20.1 Å². The molecule has 0 fully saturated rings. The van der Waals surface area contributed by atoms with Gasteiger partial charge in [-0.25, -0.2) is 9.67 Å². The van der Waals surface area contributed by atoms with Crippen molar-refractivity contribution in [3.8, 4) is 0 Å². The van der Waals surface area contributed by atoms with Gasteiger partial charge in [0.25, 0.3) is 0 Å². The summed E-state index contributed by atoms with van der Waals surface area (Å²) >= 11 is 0. The van der Waals surface area contributed by atoms with Gasteiger partial charge in [-0.1, -0.05) is 0 Å². The van der Waals surface area contributed by atoms with Crippen molar-refractivity contribution in [3.63, 3.8) is 0 Å². The maximum absolute atomic E-state index is 4.35. The molecule has 1 aliphatic rings. The van der Waals surface area contributed by atoms with E-state index in [4.69, 9.17) is 0 Å². The summed E-state index contributed by atoms with van der Waals surface area (Å²) in [6.45, 7) is 11.9. The molecule has 0 amide bonds. The van der Waals surface area contributed by atoms with E-state index in [2.05, 4.69) is 58.3 Å². The number of guanidine groups is 1. The third kappa shape index (κ3) is 6.73. The second-order valence-electron chi connectivity index (χ2n) is 7.02. The van der Waals surface area contributed by atoms with E-state index < -0.39 is 0 Å². The van der Waals surface area contributed by atoms with Crippen molar-refractivity contribution in [2.24, 2.45) is 4.99 Å². The first-order valence-corrected chi connectivity index (χ1v) is 9.10. The van der Waals surface area contributed by atoms with Gasteiger partial charge in [0.15, 0.2) is 5.96 Å². The minimum absolute atomic E-state index is 0. The SMILES string of the molecule is CN=C(NCCCN(C(C)C)C(C)C)NC1CCc2ncnn2C1.I. The van der Waals surface area contributed by atoms with Crippen LogP contribution in [0.15, 0.2) is 11.3 Å². The lowest BCUT2D eigenvalue weighted by atomic mass is 10.1. The summed E-state index contributed by atoms with van der Waals surface area (Å²) in [4.78, 5) is 11.1. The zero-order valence-electron chi connectivity index (χ0n) is 16.2. The molecule has 7 nitrogen and oxygen atoms in total. The fourth-order valence-electron chi connectivity index (χ4n) is 3.32. The van der Waals surface area contributed by atoms with E-state index in [-0.39, 0.29) is 24.0 Å². The Hall–Kier alpha value is -0.900. The first-order valence-electron chi connectivity index (χ1n) is 9.10. The van der Waals surface area contributed by atoms with E-state index in [0.29, 0.717) is 18.1 Å². The number of halogens is 1. The molecule has 1 unspecified atom stereocenters. The highest BCUT2D eigenvalue weighted by Crippen LogP contribution is 2.11. The molecule has 0 bridgehead atoms. The minimum atomic E-state index is 0. The lowest BCUT2D eigenvalue weighted by Gasteiger charge is -2.30. The topological polar surface area (TPSA) is 70.4 Å². The van der Waals surface area contributed by atoms with Crippen LogP contribution < -0.4 is 10.6 Å². The molecule has 2 N–H and O–H groups in total. The number of aryl methyl sites for hydroxylation is 1. The lowest BCUT2D eigenvalue weighted by molar-refractivity contribution is 0.173. The molecule has 0 radical (unpaired) electrons. The summed E-state index contributed by atoms with van der Waals surface area (Å²) in [5.74, 6) is 1.96. The number of aromatic nitrogens is 3. The molecule has 8 heteroatoms. The van der Waals surface area contributed by atoms with Crippen LogP contribution in [-0.2, 0) is 13.0 Å². The van der Waals surface area contributed by atoms with Gasteiger partial charge < -0.3 is 10.6 Å². The molecule has 25 heavy (non-hydrogen) atoms. The summed E-state index contributed by atoms with van der Waals surface area (Å²) in [6, 6.07) is 1.52. The molecular weight excluding hydrogens is 429 g/mol. The molecule has 0 saturated heterocycles. The summed E-state index contributed by atoms with van der Waals surface area (Å²) < 4.78 is 1.98. The van der Waals surface area contributed by atoms with Crippen LogP contribution in [0.1, 0.15) is 46.4 Å². The van der Waals surface area contributed by atoms with E-state index in [0.717, 1.165) is 50.7 Å². The molecule has 1 atom stereocenters. The maximum atomic E-state index is 4.35. The zero-order chi connectivity index (χ0) is 17.5.